The van der Waals surface area contributed by atoms with E-state index in [4.69, 9.17) is 0 Å². The van der Waals surface area contributed by atoms with Crippen LogP contribution in [0.25, 0.3) is 20.9 Å². The quantitative estimate of drug-likeness (QED) is 0.635. The molecule has 0 aliphatic carbocycles. The van der Waals surface area contributed by atoms with Gasteiger partial charge < -0.3 is 5.11 Å². The Balaban J connectivity index is 2.38. The van der Waals surface area contributed by atoms with Gasteiger partial charge in [0.2, 0.25) is 0 Å². The van der Waals surface area contributed by atoms with Crippen LogP contribution in [0.5, 0.6) is 5.75 Å². The molecule has 2 aromatic carbocycles. The molecule has 0 saturated heterocycles. The molecule has 0 unspecified atom stereocenters. The van der Waals surface area contributed by atoms with E-state index in [-0.39, 0.29) is 0 Å². The highest BCUT2D eigenvalue weighted by Crippen LogP contribution is 2.35. The first kappa shape index (κ1) is 10.9. The number of phenols is 1. The molecule has 1 heterocycles. The minimum Gasteiger partial charge on any atom is -0.507 e. The Morgan fingerprint density at radius 2 is 1.76 bits per heavy atom. The number of hydrogen-bond donors (Lipinski definition) is 1. The van der Waals surface area contributed by atoms with E-state index < -0.39 is 0 Å². The molecule has 1 aromatic heterocycles. The van der Waals surface area contributed by atoms with Crippen molar-refractivity contribution in [1.82, 2.24) is 0 Å². The maximum absolute atomic E-state index is 9.87. The summed E-state index contributed by atoms with van der Waals surface area (Å²) in [5.41, 5.74) is 0. The van der Waals surface area contributed by atoms with E-state index in [1.165, 1.54) is 20.3 Å². The molecule has 17 heavy (non-hydrogen) atoms. The summed E-state index contributed by atoms with van der Waals surface area (Å²) in [6.45, 7) is 2.13. The number of phenolic OH excluding ortho intramolecular Hbond substituents is 1. The van der Waals surface area contributed by atoms with Crippen molar-refractivity contribution in [3.63, 3.8) is 0 Å². The van der Waals surface area contributed by atoms with E-state index in [9.17, 15) is 5.11 Å². The monoisotopic (exact) mass is 260 g/mol. The second kappa shape index (κ2) is 3.93. The van der Waals surface area contributed by atoms with Gasteiger partial charge in [0.05, 0.1) is 0 Å². The number of benzene rings is 2. The molecule has 3 heteroatoms. The zero-order valence-electron chi connectivity index (χ0n) is 9.65. The summed E-state index contributed by atoms with van der Waals surface area (Å²) in [6, 6.07) is 10.5. The van der Waals surface area contributed by atoms with E-state index in [2.05, 4.69) is 31.2 Å². The van der Waals surface area contributed by atoms with Crippen molar-refractivity contribution >= 4 is 44.0 Å². The molecule has 86 valence electrons. The normalized spacial score (nSPS) is 11.4. The molecule has 0 atom stereocenters. The van der Waals surface area contributed by atoms with Crippen LogP contribution in [-0.4, -0.2) is 11.4 Å². The Morgan fingerprint density at radius 3 is 2.53 bits per heavy atom. The largest absolute Gasteiger partial charge is 0.507 e. The summed E-state index contributed by atoms with van der Waals surface area (Å²) in [5.74, 6) is 0.372. The predicted molar refractivity (Wildman–Crippen MR) is 77.5 cm³/mol. The third-order valence-electron chi connectivity index (χ3n) is 2.90. The van der Waals surface area contributed by atoms with Crippen LogP contribution >= 0.6 is 23.1 Å². The maximum atomic E-state index is 9.87. The van der Waals surface area contributed by atoms with Crippen molar-refractivity contribution in [2.24, 2.45) is 0 Å². The van der Waals surface area contributed by atoms with Gasteiger partial charge in [-0.1, -0.05) is 0 Å². The first-order chi connectivity index (χ1) is 8.17. The van der Waals surface area contributed by atoms with Gasteiger partial charge in [-0.3, -0.25) is 0 Å². The molecule has 0 amide bonds. The zero-order valence-corrected chi connectivity index (χ0v) is 11.3. The molecule has 0 aliphatic rings. The highest BCUT2D eigenvalue weighted by atomic mass is 32.2. The number of hydrogen-bond acceptors (Lipinski definition) is 3. The van der Waals surface area contributed by atoms with E-state index in [0.717, 1.165) is 10.3 Å². The molecule has 0 saturated carbocycles. The van der Waals surface area contributed by atoms with Gasteiger partial charge in [0.25, 0.3) is 0 Å². The summed E-state index contributed by atoms with van der Waals surface area (Å²) in [5, 5.41) is 13.4. The fourth-order valence-electron chi connectivity index (χ4n) is 2.10. The standard InChI is InChI=1S/C14H12OS2/c1-8-3-11-4-9-5-12(15)14(16-2)7-10(9)6-13(11)17-8/h3-7,15H,1-2H3. The molecule has 0 fully saturated rings. The van der Waals surface area contributed by atoms with E-state index in [1.807, 2.05) is 23.7 Å². The third-order valence-corrected chi connectivity index (χ3v) is 4.68. The average molecular weight is 260 g/mol. The van der Waals surface area contributed by atoms with Gasteiger partial charge in [-0.15, -0.1) is 23.1 Å². The highest BCUT2D eigenvalue weighted by molar-refractivity contribution is 7.98. The Labute approximate surface area is 108 Å². The van der Waals surface area contributed by atoms with Crippen molar-refractivity contribution in [3.8, 4) is 5.75 Å². The van der Waals surface area contributed by atoms with Crippen molar-refractivity contribution < 1.29 is 5.11 Å². The summed E-state index contributed by atoms with van der Waals surface area (Å²) in [6.07, 6.45) is 1.98. The number of thiophene rings is 1. The van der Waals surface area contributed by atoms with E-state index >= 15 is 0 Å². The van der Waals surface area contributed by atoms with Crippen molar-refractivity contribution in [2.75, 3.05) is 6.26 Å². The van der Waals surface area contributed by atoms with Crippen LogP contribution in [-0.2, 0) is 0 Å². The minimum atomic E-state index is 0.372. The van der Waals surface area contributed by atoms with Crippen LogP contribution in [0.3, 0.4) is 0 Å². The second-order valence-corrected chi connectivity index (χ2v) is 6.25. The summed E-state index contributed by atoms with van der Waals surface area (Å²) < 4.78 is 1.31. The van der Waals surface area contributed by atoms with Gasteiger partial charge in [-0.2, -0.15) is 0 Å². The number of rotatable bonds is 1. The molecule has 0 spiro atoms. The number of thioether (sulfide) groups is 1. The van der Waals surface area contributed by atoms with Crippen LogP contribution < -0.4 is 0 Å². The Morgan fingerprint density at radius 1 is 1.00 bits per heavy atom. The lowest BCUT2D eigenvalue weighted by atomic mass is 10.1. The van der Waals surface area contributed by atoms with E-state index in [0.29, 0.717) is 5.75 Å². The number of fused-ring (bicyclic) bond motifs is 2. The molecular weight excluding hydrogens is 248 g/mol. The molecule has 0 bridgehead atoms. The first-order valence-electron chi connectivity index (χ1n) is 5.38. The van der Waals surface area contributed by atoms with Gasteiger partial charge in [0, 0.05) is 14.5 Å². The lowest BCUT2D eigenvalue weighted by molar-refractivity contribution is 0.463. The predicted octanol–water partition coefficient (Wildman–Crippen LogP) is 4.79. The minimum absolute atomic E-state index is 0.372. The van der Waals surface area contributed by atoms with Gasteiger partial charge in [0.15, 0.2) is 0 Å². The molecule has 0 radical (unpaired) electrons. The van der Waals surface area contributed by atoms with Crippen LogP contribution in [0.1, 0.15) is 4.88 Å². The van der Waals surface area contributed by atoms with Gasteiger partial charge in [-0.25, -0.2) is 0 Å². The maximum Gasteiger partial charge on any atom is 0.129 e. The topological polar surface area (TPSA) is 20.2 Å². The SMILES string of the molecule is CSc1cc2cc3sc(C)cc3cc2cc1O. The smallest absolute Gasteiger partial charge is 0.129 e. The average Bonchev–Trinajstić information content (AvgIpc) is 2.64. The highest BCUT2D eigenvalue weighted by Gasteiger charge is 2.06. The molecule has 3 aromatic rings. The summed E-state index contributed by atoms with van der Waals surface area (Å²) >= 11 is 3.39. The summed E-state index contributed by atoms with van der Waals surface area (Å²) in [4.78, 5) is 2.26. The summed E-state index contributed by atoms with van der Waals surface area (Å²) in [7, 11) is 0. The van der Waals surface area contributed by atoms with Crippen molar-refractivity contribution in [1.29, 1.82) is 0 Å². The fourth-order valence-corrected chi connectivity index (χ4v) is 3.57. The van der Waals surface area contributed by atoms with E-state index in [1.54, 1.807) is 11.8 Å². The Kier molecular flexibility index (Phi) is 2.53. The van der Waals surface area contributed by atoms with Crippen LogP contribution in [0.2, 0.25) is 0 Å². The lowest BCUT2D eigenvalue weighted by Gasteiger charge is -2.04. The van der Waals surface area contributed by atoms with Gasteiger partial charge >= 0.3 is 0 Å². The van der Waals surface area contributed by atoms with Crippen LogP contribution in [0, 0.1) is 6.92 Å². The number of aromatic hydroxyl groups is 1. The third kappa shape index (κ3) is 1.79. The lowest BCUT2D eigenvalue weighted by Crippen LogP contribution is -1.77. The van der Waals surface area contributed by atoms with Gasteiger partial charge in [-0.05, 0) is 59.7 Å². The van der Waals surface area contributed by atoms with Crippen molar-refractivity contribution in [2.45, 2.75) is 11.8 Å². The fraction of sp³-hybridized carbons (Fsp3) is 0.143. The molecule has 1 N–H and O–H groups in total. The molecular formula is C14H12OS2. The molecule has 3 rings (SSSR count). The van der Waals surface area contributed by atoms with Gasteiger partial charge in [0.1, 0.15) is 5.75 Å². The Bertz CT molecular complexity index is 713. The van der Waals surface area contributed by atoms with Crippen LogP contribution in [0.4, 0.5) is 0 Å². The van der Waals surface area contributed by atoms with Crippen molar-refractivity contribution in [3.05, 3.63) is 35.2 Å². The van der Waals surface area contributed by atoms with Crippen LogP contribution in [0.15, 0.2) is 35.2 Å². The first-order valence-corrected chi connectivity index (χ1v) is 7.42. The molecule has 0 aliphatic heterocycles. The number of aryl methyl sites for hydroxylation is 1. The Hall–Kier alpha value is -1.19. The molecule has 1 nitrogen and oxygen atoms in total. The zero-order chi connectivity index (χ0) is 12.0. The second-order valence-electron chi connectivity index (χ2n) is 4.12.